The fraction of sp³-hybridized carbons (Fsp3) is 0.417. The molecule has 2 aromatic carbocycles. The molecule has 1 aliphatic carbocycles. The van der Waals surface area contributed by atoms with Gasteiger partial charge in [-0.3, -0.25) is 9.69 Å². The van der Waals surface area contributed by atoms with E-state index < -0.39 is 0 Å². The van der Waals surface area contributed by atoms with Gasteiger partial charge < -0.3 is 10.3 Å². The molecule has 1 aromatic heterocycles. The van der Waals surface area contributed by atoms with Crippen LogP contribution in [0.1, 0.15) is 31.4 Å². The maximum Gasteiger partial charge on any atom is 0.237 e. The number of fused-ring (bicyclic) bond motifs is 2. The minimum absolute atomic E-state index is 0.0754. The topological polar surface area (TPSA) is 61.0 Å². The zero-order valence-corrected chi connectivity index (χ0v) is 18.3. The van der Waals surface area contributed by atoms with Gasteiger partial charge in [0.2, 0.25) is 5.91 Å². The van der Waals surface area contributed by atoms with Crippen molar-refractivity contribution < 1.29 is 4.79 Å². The number of amides is 1. The Balaban J connectivity index is 1.35. The van der Waals surface area contributed by atoms with E-state index in [1.807, 2.05) is 32.0 Å². The summed E-state index contributed by atoms with van der Waals surface area (Å²) in [5.41, 5.74) is 4.92. The maximum absolute atomic E-state index is 13.0. The Morgan fingerprint density at radius 3 is 2.53 bits per heavy atom. The van der Waals surface area contributed by atoms with E-state index in [0.717, 1.165) is 42.0 Å². The summed E-state index contributed by atoms with van der Waals surface area (Å²) in [6.45, 7) is 4.98. The lowest BCUT2D eigenvalue weighted by molar-refractivity contribution is -0.126. The van der Waals surface area contributed by atoms with Crippen LogP contribution in [0, 0.1) is 0 Å². The highest BCUT2D eigenvalue weighted by Gasteiger charge is 2.42. The Bertz CT molecular complexity index is 1000. The lowest BCUT2D eigenvalue weighted by Crippen LogP contribution is -2.49. The first-order valence-corrected chi connectivity index (χ1v) is 11.7. The third kappa shape index (κ3) is 3.86. The molecule has 1 fully saturated rings. The van der Waals surface area contributed by atoms with E-state index in [-0.39, 0.29) is 18.0 Å². The number of carbonyl (C=O) groups excluding carboxylic acids is 1. The van der Waals surface area contributed by atoms with E-state index in [1.54, 1.807) is 11.8 Å². The molecule has 0 unspecified atom stereocenters. The van der Waals surface area contributed by atoms with Crippen molar-refractivity contribution in [1.29, 1.82) is 0 Å². The fourth-order valence-electron chi connectivity index (χ4n) is 4.86. The van der Waals surface area contributed by atoms with Gasteiger partial charge in [0.1, 0.15) is 0 Å². The number of aromatic amines is 1. The number of benzene rings is 2. The smallest absolute Gasteiger partial charge is 0.237 e. The van der Waals surface area contributed by atoms with Gasteiger partial charge >= 0.3 is 0 Å². The third-order valence-corrected chi connectivity index (χ3v) is 7.27. The first-order chi connectivity index (χ1) is 14.6. The molecule has 5 nitrogen and oxygen atoms in total. The van der Waals surface area contributed by atoms with E-state index in [4.69, 9.17) is 4.98 Å². The van der Waals surface area contributed by atoms with Gasteiger partial charge in [-0.05, 0) is 56.4 Å². The van der Waals surface area contributed by atoms with Gasteiger partial charge in [-0.2, -0.15) is 0 Å². The first-order valence-electron chi connectivity index (χ1n) is 10.8. The molecule has 30 heavy (non-hydrogen) atoms. The molecule has 2 N–H and O–H groups in total. The van der Waals surface area contributed by atoms with Crippen LogP contribution in [-0.4, -0.2) is 50.7 Å². The second-order valence-corrected chi connectivity index (χ2v) is 10.0. The monoisotopic (exact) mass is 420 g/mol. The van der Waals surface area contributed by atoms with Crippen LogP contribution >= 0.6 is 11.8 Å². The van der Waals surface area contributed by atoms with Crippen LogP contribution < -0.4 is 5.32 Å². The largest absolute Gasteiger partial charge is 0.353 e. The number of thioether (sulfide) groups is 1. The van der Waals surface area contributed by atoms with Crippen LogP contribution in [0.25, 0.3) is 11.0 Å². The Morgan fingerprint density at radius 2 is 1.83 bits per heavy atom. The third-order valence-electron chi connectivity index (χ3n) is 6.18. The molecule has 2 heterocycles. The number of imidazole rings is 1. The molecule has 156 valence electrons. The quantitative estimate of drug-likeness (QED) is 0.659. The molecule has 0 bridgehead atoms. The summed E-state index contributed by atoms with van der Waals surface area (Å²) < 4.78 is 0. The second-order valence-electron chi connectivity index (χ2n) is 8.74. The lowest BCUT2D eigenvalue weighted by Gasteiger charge is -2.30. The molecule has 6 heteroatoms. The van der Waals surface area contributed by atoms with Crippen molar-refractivity contribution in [2.75, 3.05) is 6.54 Å². The molecule has 0 spiro atoms. The molecular weight excluding hydrogens is 392 g/mol. The summed E-state index contributed by atoms with van der Waals surface area (Å²) in [5, 5.41) is 4.44. The van der Waals surface area contributed by atoms with Crippen LogP contribution in [0.15, 0.2) is 53.7 Å². The van der Waals surface area contributed by atoms with Gasteiger partial charge in [0.15, 0.2) is 5.16 Å². The highest BCUT2D eigenvalue weighted by molar-refractivity contribution is 7.99. The standard InChI is InChI=1S/C24H28N4OS/c1-15(2)25-23(29)22-13-19(30-24-26-20-9-5-6-10-21(20)27-24)14-28(22)18-11-16-7-3-4-8-17(16)12-18/h3-10,15,18-19,22H,11-14H2,1-2H3,(H,25,29)(H,26,27)/t19-,22+/m1/s1. The summed E-state index contributed by atoms with van der Waals surface area (Å²) in [6, 6.07) is 17.3. The maximum atomic E-state index is 13.0. The lowest BCUT2D eigenvalue weighted by atomic mass is 10.1. The molecule has 0 radical (unpaired) electrons. The van der Waals surface area contributed by atoms with Crippen molar-refractivity contribution in [3.05, 3.63) is 59.7 Å². The Morgan fingerprint density at radius 1 is 1.13 bits per heavy atom. The van der Waals surface area contributed by atoms with Crippen molar-refractivity contribution in [3.8, 4) is 0 Å². The summed E-state index contributed by atoms with van der Waals surface area (Å²) in [4.78, 5) is 23.7. The van der Waals surface area contributed by atoms with Gasteiger partial charge in [0.25, 0.3) is 0 Å². The number of H-pyrrole nitrogens is 1. The van der Waals surface area contributed by atoms with Crippen molar-refractivity contribution in [1.82, 2.24) is 20.2 Å². The van der Waals surface area contributed by atoms with Crippen molar-refractivity contribution in [3.63, 3.8) is 0 Å². The number of nitrogens with zero attached hydrogens (tertiary/aromatic N) is 2. The van der Waals surface area contributed by atoms with Gasteiger partial charge in [-0.25, -0.2) is 4.98 Å². The highest BCUT2D eigenvalue weighted by atomic mass is 32.2. The van der Waals surface area contributed by atoms with E-state index >= 15 is 0 Å². The van der Waals surface area contributed by atoms with Crippen LogP contribution in [0.3, 0.4) is 0 Å². The molecule has 2 atom stereocenters. The summed E-state index contributed by atoms with van der Waals surface area (Å²) in [7, 11) is 0. The molecule has 0 saturated carbocycles. The summed E-state index contributed by atoms with van der Waals surface area (Å²) in [5.74, 6) is 0.161. The van der Waals surface area contributed by atoms with E-state index in [2.05, 4.69) is 45.5 Å². The van der Waals surface area contributed by atoms with E-state index in [9.17, 15) is 4.79 Å². The summed E-state index contributed by atoms with van der Waals surface area (Å²) >= 11 is 1.78. The zero-order chi connectivity index (χ0) is 20.7. The van der Waals surface area contributed by atoms with Crippen LogP contribution in [0.5, 0.6) is 0 Å². The number of nitrogens with one attached hydrogen (secondary N) is 2. The van der Waals surface area contributed by atoms with Crippen molar-refractivity contribution in [2.45, 2.75) is 61.6 Å². The zero-order valence-electron chi connectivity index (χ0n) is 17.5. The number of aromatic nitrogens is 2. The van der Waals surface area contributed by atoms with E-state index in [1.165, 1.54) is 11.1 Å². The number of rotatable bonds is 5. The number of para-hydroxylation sites is 2. The van der Waals surface area contributed by atoms with Crippen LogP contribution in [0.4, 0.5) is 0 Å². The average molecular weight is 421 g/mol. The predicted molar refractivity (Wildman–Crippen MR) is 122 cm³/mol. The van der Waals surface area contributed by atoms with Gasteiger partial charge in [-0.15, -0.1) is 0 Å². The Labute approximate surface area is 181 Å². The normalized spacial score (nSPS) is 22.1. The van der Waals surface area contributed by atoms with Crippen molar-refractivity contribution in [2.24, 2.45) is 0 Å². The molecule has 1 aliphatic heterocycles. The SMILES string of the molecule is CC(C)NC(=O)[C@@H]1C[C@@H](Sc2nc3ccccc3[nH]2)CN1C1Cc2ccccc2C1. The fourth-order valence-corrected chi connectivity index (χ4v) is 6.02. The molecule has 3 aromatic rings. The van der Waals surface area contributed by atoms with E-state index in [0.29, 0.717) is 11.3 Å². The van der Waals surface area contributed by atoms with Gasteiger partial charge in [0.05, 0.1) is 17.1 Å². The number of hydrogen-bond donors (Lipinski definition) is 2. The molecular formula is C24H28N4OS. The van der Waals surface area contributed by atoms with Crippen LogP contribution in [-0.2, 0) is 17.6 Å². The molecule has 2 aliphatic rings. The minimum Gasteiger partial charge on any atom is -0.353 e. The minimum atomic E-state index is -0.0754. The number of carbonyl (C=O) groups is 1. The predicted octanol–water partition coefficient (Wildman–Crippen LogP) is 3.79. The number of hydrogen-bond acceptors (Lipinski definition) is 4. The Hall–Kier alpha value is -2.31. The Kier molecular flexibility index (Phi) is 5.29. The van der Waals surface area contributed by atoms with Gasteiger partial charge in [-0.1, -0.05) is 48.2 Å². The van der Waals surface area contributed by atoms with Gasteiger partial charge in [0, 0.05) is 23.9 Å². The highest BCUT2D eigenvalue weighted by Crippen LogP contribution is 2.37. The molecule has 5 rings (SSSR count). The second kappa shape index (κ2) is 8.08. The average Bonchev–Trinajstić information content (AvgIpc) is 3.43. The number of likely N-dealkylation sites (tertiary alicyclic amines) is 1. The van der Waals surface area contributed by atoms with Crippen molar-refractivity contribution >= 4 is 28.7 Å². The first kappa shape index (κ1) is 19.6. The van der Waals surface area contributed by atoms with Crippen LogP contribution in [0.2, 0.25) is 0 Å². The molecule has 1 saturated heterocycles. The molecule has 1 amide bonds. The summed E-state index contributed by atoms with van der Waals surface area (Å²) in [6.07, 6.45) is 2.92.